The molecule has 0 spiro atoms. The molecule has 0 saturated carbocycles. The monoisotopic (exact) mass is 364 g/mol. The molecule has 0 aliphatic carbocycles. The number of hydrogen-bond acceptors (Lipinski definition) is 2. The molecule has 4 rings (SSSR count). The van der Waals surface area contributed by atoms with Crippen LogP contribution >= 0.6 is 11.6 Å². The van der Waals surface area contributed by atoms with Crippen LogP contribution in [0.2, 0.25) is 5.02 Å². The maximum atomic E-state index is 13.7. The second kappa shape index (κ2) is 6.39. The lowest BCUT2D eigenvalue weighted by Gasteiger charge is -2.08. The second-order valence-corrected chi connectivity index (χ2v) is 6.52. The number of carbonyl (C=O) groups is 1. The number of pyridine rings is 1. The van der Waals surface area contributed by atoms with Gasteiger partial charge in [-0.15, -0.1) is 0 Å². The first-order valence-corrected chi connectivity index (χ1v) is 8.45. The van der Waals surface area contributed by atoms with Crippen LogP contribution < -0.4 is 0 Å². The highest BCUT2D eigenvalue weighted by Crippen LogP contribution is 2.32. The molecular weight excluding hydrogens is 351 g/mol. The number of nitrogens with one attached hydrogen (secondary N) is 1. The van der Waals surface area contributed by atoms with E-state index in [1.165, 1.54) is 12.1 Å². The van der Waals surface area contributed by atoms with Gasteiger partial charge in [-0.2, -0.15) is 0 Å². The third-order valence-electron chi connectivity index (χ3n) is 4.42. The molecule has 0 saturated heterocycles. The summed E-state index contributed by atoms with van der Waals surface area (Å²) >= 11 is 5.98. The number of rotatable bonds is 3. The van der Waals surface area contributed by atoms with Crippen molar-refractivity contribution in [3.63, 3.8) is 0 Å². The number of aromatic amines is 1. The van der Waals surface area contributed by atoms with Crippen molar-refractivity contribution >= 4 is 28.4 Å². The summed E-state index contributed by atoms with van der Waals surface area (Å²) in [6.45, 7) is 1.79. The Morgan fingerprint density at radius 1 is 1.08 bits per heavy atom. The molecule has 0 radical (unpaired) electrons. The molecule has 0 aliphatic rings. The number of ketones is 1. The Hall–Kier alpha value is -2.98. The van der Waals surface area contributed by atoms with Crippen molar-refractivity contribution in [2.24, 2.45) is 0 Å². The molecule has 2 aromatic heterocycles. The number of benzene rings is 2. The smallest absolute Gasteiger partial charge is 0.195 e. The molecule has 128 valence electrons. The molecule has 0 fully saturated rings. The molecule has 0 amide bonds. The van der Waals surface area contributed by atoms with Crippen molar-refractivity contribution in [1.82, 2.24) is 9.97 Å². The summed E-state index contributed by atoms with van der Waals surface area (Å²) in [5.74, 6) is -0.675. The predicted molar refractivity (Wildman–Crippen MR) is 101 cm³/mol. The van der Waals surface area contributed by atoms with E-state index in [2.05, 4.69) is 9.97 Å². The lowest BCUT2D eigenvalue weighted by Crippen LogP contribution is -2.04. The zero-order valence-electron chi connectivity index (χ0n) is 13.9. The van der Waals surface area contributed by atoms with E-state index in [-0.39, 0.29) is 5.78 Å². The van der Waals surface area contributed by atoms with Gasteiger partial charge in [0.15, 0.2) is 5.78 Å². The second-order valence-electron chi connectivity index (χ2n) is 6.08. The molecule has 5 heteroatoms. The third-order valence-corrected chi connectivity index (χ3v) is 4.67. The zero-order chi connectivity index (χ0) is 18.3. The fourth-order valence-corrected chi connectivity index (χ4v) is 3.22. The van der Waals surface area contributed by atoms with Gasteiger partial charge in [-0.1, -0.05) is 29.8 Å². The van der Waals surface area contributed by atoms with Crippen LogP contribution in [0.5, 0.6) is 0 Å². The predicted octanol–water partition coefficient (Wildman–Crippen LogP) is 5.56. The largest absolute Gasteiger partial charge is 0.345 e. The lowest BCUT2D eigenvalue weighted by atomic mass is 9.95. The Morgan fingerprint density at radius 3 is 2.62 bits per heavy atom. The molecule has 26 heavy (non-hydrogen) atoms. The fraction of sp³-hybridized carbons (Fsp3) is 0.0476. The first-order valence-electron chi connectivity index (χ1n) is 8.07. The minimum atomic E-state index is -0.435. The number of fused-ring (bicyclic) bond motifs is 1. The lowest BCUT2D eigenvalue weighted by molar-refractivity contribution is 0.103. The van der Waals surface area contributed by atoms with Crippen LogP contribution in [0, 0.1) is 12.7 Å². The maximum absolute atomic E-state index is 13.7. The number of aromatic nitrogens is 2. The third kappa shape index (κ3) is 2.78. The molecule has 0 bridgehead atoms. The Kier molecular flexibility index (Phi) is 4.05. The van der Waals surface area contributed by atoms with E-state index in [1.54, 1.807) is 37.5 Å². The molecule has 0 unspecified atom stereocenters. The average molecular weight is 365 g/mol. The highest BCUT2D eigenvalue weighted by molar-refractivity contribution is 6.30. The quantitative estimate of drug-likeness (QED) is 0.483. The Bertz CT molecular complexity index is 1130. The van der Waals surface area contributed by atoms with E-state index in [9.17, 15) is 9.18 Å². The van der Waals surface area contributed by atoms with Crippen LogP contribution in [0.1, 0.15) is 21.5 Å². The van der Waals surface area contributed by atoms with Gasteiger partial charge in [-0.05, 0) is 53.9 Å². The van der Waals surface area contributed by atoms with Gasteiger partial charge in [0.1, 0.15) is 11.5 Å². The number of halogens is 2. The molecule has 1 N–H and O–H groups in total. The summed E-state index contributed by atoms with van der Waals surface area (Å²) in [5, 5.41) is 1.35. The van der Waals surface area contributed by atoms with E-state index in [0.29, 0.717) is 27.2 Å². The van der Waals surface area contributed by atoms with Crippen molar-refractivity contribution in [3.8, 4) is 11.1 Å². The fourth-order valence-electron chi connectivity index (χ4n) is 3.09. The SMILES string of the molecule is Cc1ccc(F)cc1C(=O)c1c[nH]c2nccc(-c3ccc(Cl)cc3)c12. The van der Waals surface area contributed by atoms with Gasteiger partial charge < -0.3 is 4.98 Å². The number of H-pyrrole nitrogens is 1. The number of carbonyl (C=O) groups excluding carboxylic acids is 1. The summed E-state index contributed by atoms with van der Waals surface area (Å²) in [5.41, 5.74) is 3.93. The molecule has 2 aromatic carbocycles. The van der Waals surface area contributed by atoms with Crippen LogP contribution in [-0.2, 0) is 0 Å². The average Bonchev–Trinajstić information content (AvgIpc) is 3.08. The number of nitrogens with zero attached hydrogens (tertiary/aromatic N) is 1. The van der Waals surface area contributed by atoms with Gasteiger partial charge in [0.2, 0.25) is 0 Å². The van der Waals surface area contributed by atoms with Gasteiger partial charge in [-0.25, -0.2) is 9.37 Å². The van der Waals surface area contributed by atoms with E-state index in [1.807, 2.05) is 18.2 Å². The summed E-state index contributed by atoms with van der Waals surface area (Å²) in [7, 11) is 0. The normalized spacial score (nSPS) is 11.0. The van der Waals surface area contributed by atoms with Crippen molar-refractivity contribution in [1.29, 1.82) is 0 Å². The van der Waals surface area contributed by atoms with Gasteiger partial charge in [0.05, 0.1) is 5.56 Å². The molecule has 3 nitrogen and oxygen atoms in total. The van der Waals surface area contributed by atoms with Gasteiger partial charge >= 0.3 is 0 Å². The number of hydrogen-bond donors (Lipinski definition) is 1. The van der Waals surface area contributed by atoms with Crippen LogP contribution in [0.3, 0.4) is 0 Å². The van der Waals surface area contributed by atoms with Gasteiger partial charge in [0, 0.05) is 28.4 Å². The first kappa shape index (κ1) is 16.5. The van der Waals surface area contributed by atoms with Crippen LogP contribution in [0.4, 0.5) is 4.39 Å². The van der Waals surface area contributed by atoms with Crippen molar-refractivity contribution in [3.05, 3.63) is 88.5 Å². The highest BCUT2D eigenvalue weighted by atomic mass is 35.5. The van der Waals surface area contributed by atoms with Crippen molar-refractivity contribution < 1.29 is 9.18 Å². The summed E-state index contributed by atoms with van der Waals surface area (Å²) in [6.07, 6.45) is 3.31. The zero-order valence-corrected chi connectivity index (χ0v) is 14.6. The van der Waals surface area contributed by atoms with E-state index >= 15 is 0 Å². The molecule has 2 heterocycles. The van der Waals surface area contributed by atoms with Crippen molar-refractivity contribution in [2.45, 2.75) is 6.92 Å². The van der Waals surface area contributed by atoms with Crippen LogP contribution in [0.25, 0.3) is 22.2 Å². The topological polar surface area (TPSA) is 45.8 Å². The van der Waals surface area contributed by atoms with Crippen molar-refractivity contribution in [2.75, 3.05) is 0 Å². The number of aryl methyl sites for hydroxylation is 1. The molecule has 0 atom stereocenters. The van der Waals surface area contributed by atoms with Crippen LogP contribution in [0.15, 0.2) is 60.9 Å². The first-order chi connectivity index (χ1) is 12.5. The van der Waals surface area contributed by atoms with E-state index in [0.717, 1.165) is 16.7 Å². The minimum Gasteiger partial charge on any atom is -0.345 e. The standard InChI is InChI=1S/C21H14ClFN2O/c1-12-2-7-15(23)10-17(12)20(26)18-11-25-21-19(18)16(8-9-24-21)13-3-5-14(22)6-4-13/h2-11H,1H3,(H,24,25). The van der Waals surface area contributed by atoms with Crippen LogP contribution in [-0.4, -0.2) is 15.8 Å². The summed E-state index contributed by atoms with van der Waals surface area (Å²) in [6, 6.07) is 13.5. The maximum Gasteiger partial charge on any atom is 0.195 e. The Morgan fingerprint density at radius 2 is 1.85 bits per heavy atom. The highest BCUT2D eigenvalue weighted by Gasteiger charge is 2.20. The van der Waals surface area contributed by atoms with E-state index in [4.69, 9.17) is 11.6 Å². The minimum absolute atomic E-state index is 0.239. The van der Waals surface area contributed by atoms with E-state index < -0.39 is 5.82 Å². The van der Waals surface area contributed by atoms with Gasteiger partial charge in [0.25, 0.3) is 0 Å². The molecular formula is C21H14ClFN2O. The molecule has 0 aliphatic heterocycles. The Labute approximate surface area is 154 Å². The van der Waals surface area contributed by atoms with Gasteiger partial charge in [-0.3, -0.25) is 4.79 Å². The summed E-state index contributed by atoms with van der Waals surface area (Å²) in [4.78, 5) is 20.5. The Balaban J connectivity index is 1.93. The molecule has 4 aromatic rings. The summed E-state index contributed by atoms with van der Waals surface area (Å²) < 4.78 is 13.7.